The zero-order valence-corrected chi connectivity index (χ0v) is 19.3. The predicted octanol–water partition coefficient (Wildman–Crippen LogP) is 3.14. The topological polar surface area (TPSA) is 131 Å². The summed E-state index contributed by atoms with van der Waals surface area (Å²) in [6, 6.07) is 0. The molecule has 5 rings (SSSR count). The highest BCUT2D eigenvalue weighted by Gasteiger charge is 2.31. The summed E-state index contributed by atoms with van der Waals surface area (Å²) < 4.78 is 29.8. The summed E-state index contributed by atoms with van der Waals surface area (Å²) in [5.41, 5.74) is 6.90. The Morgan fingerprint density at radius 3 is 2.88 bits per heavy atom. The molecule has 0 atom stereocenters. The van der Waals surface area contributed by atoms with E-state index in [-0.39, 0.29) is 29.0 Å². The third kappa shape index (κ3) is 3.80. The number of pyridine rings is 1. The second kappa shape index (κ2) is 8.22. The van der Waals surface area contributed by atoms with Crippen molar-refractivity contribution in [3.8, 4) is 5.75 Å². The molecule has 0 saturated heterocycles. The monoisotopic (exact) mass is 485 g/mol. The Hall–Kier alpha value is -3.77. The van der Waals surface area contributed by atoms with Crippen LogP contribution in [0.2, 0.25) is 5.02 Å². The minimum absolute atomic E-state index is 0.0401. The van der Waals surface area contributed by atoms with Crippen molar-refractivity contribution in [2.75, 3.05) is 5.32 Å². The fourth-order valence-electron chi connectivity index (χ4n) is 3.61. The number of anilines is 2. The molecule has 176 valence electrons. The van der Waals surface area contributed by atoms with Gasteiger partial charge in [0.05, 0.1) is 31.1 Å². The number of ether oxygens (including phenoxy) is 2. The molecule has 0 fully saturated rings. The number of nitrogens with one attached hydrogen (secondary N) is 1. The molecular weight excluding hydrogens is 465 g/mol. The summed E-state index contributed by atoms with van der Waals surface area (Å²) >= 11 is 6.63. The Labute approximate surface area is 198 Å². The molecule has 4 aromatic heterocycles. The van der Waals surface area contributed by atoms with Crippen LogP contribution in [0.5, 0.6) is 5.75 Å². The second-order valence-electron chi connectivity index (χ2n) is 8.27. The number of aromatic nitrogens is 7. The Morgan fingerprint density at radius 1 is 1.32 bits per heavy atom. The highest BCUT2D eigenvalue weighted by atomic mass is 35.5. The lowest BCUT2D eigenvalue weighted by Crippen LogP contribution is -2.36. The van der Waals surface area contributed by atoms with Gasteiger partial charge in [-0.05, 0) is 13.8 Å². The molecular formula is C21H21ClFN9O2. The van der Waals surface area contributed by atoms with Gasteiger partial charge in [-0.3, -0.25) is 9.67 Å². The molecule has 0 saturated carbocycles. The highest BCUT2D eigenvalue weighted by Crippen LogP contribution is 2.35. The van der Waals surface area contributed by atoms with E-state index in [9.17, 15) is 4.39 Å². The summed E-state index contributed by atoms with van der Waals surface area (Å²) in [7, 11) is 1.72. The van der Waals surface area contributed by atoms with E-state index in [4.69, 9.17) is 26.8 Å². The maximum absolute atomic E-state index is 15.0. The number of halogens is 2. The van der Waals surface area contributed by atoms with Gasteiger partial charge in [-0.1, -0.05) is 11.6 Å². The summed E-state index contributed by atoms with van der Waals surface area (Å²) in [6.07, 6.45) is 7.25. The van der Waals surface area contributed by atoms with Gasteiger partial charge in [0, 0.05) is 25.6 Å². The van der Waals surface area contributed by atoms with Crippen molar-refractivity contribution in [2.24, 2.45) is 12.8 Å². The van der Waals surface area contributed by atoms with Crippen LogP contribution in [-0.2, 0) is 24.9 Å². The van der Waals surface area contributed by atoms with E-state index in [1.54, 1.807) is 16.3 Å². The minimum atomic E-state index is -0.493. The van der Waals surface area contributed by atoms with Gasteiger partial charge in [0.15, 0.2) is 28.8 Å². The van der Waals surface area contributed by atoms with Crippen molar-refractivity contribution >= 4 is 40.3 Å². The number of hydrogen-bond acceptors (Lipinski definition) is 9. The molecule has 11 nitrogen and oxygen atoms in total. The summed E-state index contributed by atoms with van der Waals surface area (Å²) in [6.45, 7) is 4.42. The molecule has 0 aromatic carbocycles. The van der Waals surface area contributed by atoms with Crippen LogP contribution in [0.1, 0.15) is 25.2 Å². The number of hydrogen-bond donors (Lipinski definition) is 2. The molecule has 34 heavy (non-hydrogen) atoms. The van der Waals surface area contributed by atoms with Crippen LogP contribution >= 0.6 is 11.6 Å². The van der Waals surface area contributed by atoms with E-state index in [0.29, 0.717) is 35.0 Å². The van der Waals surface area contributed by atoms with Crippen LogP contribution in [0.4, 0.5) is 16.2 Å². The molecule has 0 aliphatic carbocycles. The average molecular weight is 486 g/mol. The van der Waals surface area contributed by atoms with Crippen molar-refractivity contribution in [3.05, 3.63) is 53.2 Å². The molecule has 0 spiro atoms. The maximum Gasteiger partial charge on any atom is 0.211 e. The first kappa shape index (κ1) is 22.0. The molecule has 1 aliphatic rings. The van der Waals surface area contributed by atoms with Crippen molar-refractivity contribution in [1.29, 1.82) is 0 Å². The molecule has 0 unspecified atom stereocenters. The van der Waals surface area contributed by atoms with Gasteiger partial charge in [-0.25, -0.2) is 14.4 Å². The van der Waals surface area contributed by atoms with Crippen LogP contribution in [0.3, 0.4) is 0 Å². The number of aryl methyl sites for hydroxylation is 1. The van der Waals surface area contributed by atoms with Crippen molar-refractivity contribution < 1.29 is 13.9 Å². The van der Waals surface area contributed by atoms with Crippen molar-refractivity contribution in [1.82, 2.24) is 34.3 Å². The first-order chi connectivity index (χ1) is 16.3. The molecule has 0 radical (unpaired) electrons. The number of nitrogens with two attached hydrogens (primary N) is 1. The zero-order valence-electron chi connectivity index (χ0n) is 18.6. The molecule has 3 N–H and O–H groups in total. The summed E-state index contributed by atoms with van der Waals surface area (Å²) in [5.74, 6) is 0.354. The molecule has 0 bridgehead atoms. The predicted molar refractivity (Wildman–Crippen MR) is 123 cm³/mol. The summed E-state index contributed by atoms with van der Waals surface area (Å²) in [5, 5.41) is 7.55. The van der Waals surface area contributed by atoms with Gasteiger partial charge in [-0.15, -0.1) is 0 Å². The molecule has 5 heterocycles. The largest absolute Gasteiger partial charge is 0.450 e. The van der Waals surface area contributed by atoms with Crippen LogP contribution in [-0.4, -0.2) is 39.9 Å². The molecule has 1 aliphatic heterocycles. The lowest BCUT2D eigenvalue weighted by Gasteiger charge is -2.30. The first-order valence-electron chi connectivity index (χ1n) is 10.3. The lowest BCUT2D eigenvalue weighted by atomic mass is 10.1. The molecule has 0 amide bonds. The third-order valence-electron chi connectivity index (χ3n) is 5.35. The lowest BCUT2D eigenvalue weighted by molar-refractivity contribution is -0.0673. The number of fused-ring (bicyclic) bond motifs is 2. The van der Waals surface area contributed by atoms with E-state index in [1.807, 2.05) is 13.8 Å². The van der Waals surface area contributed by atoms with Gasteiger partial charge in [0.25, 0.3) is 0 Å². The number of nitrogens with zero attached hydrogens (tertiary/aromatic N) is 7. The maximum atomic E-state index is 15.0. The fourth-order valence-corrected chi connectivity index (χ4v) is 3.91. The van der Waals surface area contributed by atoms with Gasteiger partial charge in [0.2, 0.25) is 5.95 Å². The third-order valence-corrected chi connectivity index (χ3v) is 5.71. The standard InChI is InChI=1S/C21H21ClFN9O2/c1-21(2)10-32-12(9-33-21)16(23)18(30-32)28-20-29-19-17(31(20)3)15(22)14(8-27-19)34-13(6-24)11-7-25-4-5-26-11/h4-8H,9-10,24H2,1-3H3,(H,27,28,29,30)/b13-6+. The highest BCUT2D eigenvalue weighted by molar-refractivity contribution is 6.36. The van der Waals surface area contributed by atoms with Crippen molar-refractivity contribution in [2.45, 2.75) is 32.6 Å². The SMILES string of the molecule is Cn1c(Nc2nn3c(c2F)COC(C)(C)C3)nc2ncc(O/C(=C/N)c3cnccn3)c(Cl)c21. The van der Waals surface area contributed by atoms with E-state index in [0.717, 1.165) is 0 Å². The Bertz CT molecular complexity index is 1420. The number of rotatable bonds is 5. The van der Waals surface area contributed by atoms with E-state index in [2.05, 4.69) is 30.4 Å². The zero-order chi connectivity index (χ0) is 24.0. The van der Waals surface area contributed by atoms with Crippen molar-refractivity contribution in [3.63, 3.8) is 0 Å². The van der Waals surface area contributed by atoms with Crippen LogP contribution < -0.4 is 15.8 Å². The van der Waals surface area contributed by atoms with Crippen LogP contribution in [0, 0.1) is 5.82 Å². The Kier molecular flexibility index (Phi) is 5.33. The van der Waals surface area contributed by atoms with Crippen LogP contribution in [0.25, 0.3) is 16.9 Å². The average Bonchev–Trinajstić information content (AvgIpc) is 3.29. The quantitative estimate of drug-likeness (QED) is 0.409. The first-order valence-corrected chi connectivity index (χ1v) is 10.7. The molecule has 4 aromatic rings. The minimum Gasteiger partial charge on any atom is -0.450 e. The van der Waals surface area contributed by atoms with Gasteiger partial charge in [0.1, 0.15) is 21.9 Å². The van der Waals surface area contributed by atoms with E-state index in [1.165, 1.54) is 31.0 Å². The second-order valence-corrected chi connectivity index (χ2v) is 8.64. The smallest absolute Gasteiger partial charge is 0.211 e. The van der Waals surface area contributed by atoms with Crippen LogP contribution in [0.15, 0.2) is 31.0 Å². The molecule has 13 heteroatoms. The van der Waals surface area contributed by atoms with Gasteiger partial charge < -0.3 is 25.1 Å². The van der Waals surface area contributed by atoms with E-state index >= 15 is 0 Å². The normalized spacial score (nSPS) is 15.4. The van der Waals surface area contributed by atoms with E-state index < -0.39 is 11.4 Å². The summed E-state index contributed by atoms with van der Waals surface area (Å²) in [4.78, 5) is 16.9. The van der Waals surface area contributed by atoms with Gasteiger partial charge in [-0.2, -0.15) is 10.1 Å². The van der Waals surface area contributed by atoms with Gasteiger partial charge >= 0.3 is 0 Å². The fraction of sp³-hybridized carbons (Fsp3) is 0.286. The number of imidazole rings is 1. The Balaban J connectivity index is 1.47. The Morgan fingerprint density at radius 2 is 2.15 bits per heavy atom.